The Bertz CT molecular complexity index is 438. The third-order valence-corrected chi connectivity index (χ3v) is 5.63. The molecule has 2 saturated carbocycles. The summed E-state index contributed by atoms with van der Waals surface area (Å²) in [6.07, 6.45) is 7.67. The summed E-state index contributed by atoms with van der Waals surface area (Å²) >= 11 is 5.25. The van der Waals surface area contributed by atoms with Gasteiger partial charge in [0.25, 0.3) is 0 Å². The van der Waals surface area contributed by atoms with E-state index in [-0.39, 0.29) is 12.1 Å². The molecule has 1 aromatic heterocycles. The SMILES string of the molecule is OCC1(NC2CC2)CCC(Sc2ccc(Br)cn2)C1. The highest BCUT2D eigenvalue weighted by molar-refractivity contribution is 9.10. The van der Waals surface area contributed by atoms with E-state index >= 15 is 0 Å². The average molecular weight is 343 g/mol. The van der Waals surface area contributed by atoms with Crippen molar-refractivity contribution in [1.29, 1.82) is 0 Å². The van der Waals surface area contributed by atoms with Crippen molar-refractivity contribution in [3.05, 3.63) is 22.8 Å². The topological polar surface area (TPSA) is 45.1 Å². The largest absolute Gasteiger partial charge is 0.394 e. The monoisotopic (exact) mass is 342 g/mol. The van der Waals surface area contributed by atoms with Gasteiger partial charge in [0.1, 0.15) is 0 Å². The van der Waals surface area contributed by atoms with Crippen molar-refractivity contribution in [2.45, 2.75) is 54.0 Å². The highest BCUT2D eigenvalue weighted by Gasteiger charge is 2.42. The fourth-order valence-corrected chi connectivity index (χ4v) is 4.24. The van der Waals surface area contributed by atoms with Gasteiger partial charge in [-0.3, -0.25) is 0 Å². The molecular formula is C14H19BrN2OS. The van der Waals surface area contributed by atoms with Crippen molar-refractivity contribution >= 4 is 27.7 Å². The second-order valence-corrected chi connectivity index (χ2v) is 7.89. The Morgan fingerprint density at radius 1 is 1.42 bits per heavy atom. The third kappa shape index (κ3) is 3.51. The van der Waals surface area contributed by atoms with Crippen LogP contribution < -0.4 is 5.32 Å². The van der Waals surface area contributed by atoms with Crippen LogP contribution in [0.5, 0.6) is 0 Å². The predicted molar refractivity (Wildman–Crippen MR) is 81.4 cm³/mol. The minimum absolute atomic E-state index is 0.0335. The average Bonchev–Trinajstić information content (AvgIpc) is 3.13. The summed E-state index contributed by atoms with van der Waals surface area (Å²) in [7, 11) is 0. The minimum atomic E-state index is -0.0335. The van der Waals surface area contributed by atoms with Crippen LogP contribution in [0.4, 0.5) is 0 Å². The quantitative estimate of drug-likeness (QED) is 0.863. The molecule has 0 aromatic carbocycles. The summed E-state index contributed by atoms with van der Waals surface area (Å²) in [6, 6.07) is 4.75. The Labute approximate surface area is 126 Å². The number of rotatable bonds is 5. The first-order valence-electron chi connectivity index (χ1n) is 6.86. The number of nitrogens with one attached hydrogen (secondary N) is 1. The Balaban J connectivity index is 1.59. The van der Waals surface area contributed by atoms with Gasteiger partial charge in [-0.15, -0.1) is 11.8 Å². The molecule has 2 fully saturated rings. The molecule has 0 amide bonds. The second kappa shape index (κ2) is 5.72. The fraction of sp³-hybridized carbons (Fsp3) is 0.643. The van der Waals surface area contributed by atoms with Crippen LogP contribution >= 0.6 is 27.7 Å². The molecule has 2 unspecified atom stereocenters. The molecule has 3 nitrogen and oxygen atoms in total. The lowest BCUT2D eigenvalue weighted by Gasteiger charge is -2.28. The van der Waals surface area contributed by atoms with Gasteiger partial charge in [0.2, 0.25) is 0 Å². The van der Waals surface area contributed by atoms with Crippen molar-refractivity contribution in [3.8, 4) is 0 Å². The molecule has 2 aliphatic carbocycles. The molecular weight excluding hydrogens is 324 g/mol. The van der Waals surface area contributed by atoms with Crippen LogP contribution in [-0.4, -0.2) is 33.5 Å². The minimum Gasteiger partial charge on any atom is -0.394 e. The number of halogens is 1. The van der Waals surface area contributed by atoms with Crippen molar-refractivity contribution in [2.75, 3.05) is 6.61 Å². The molecule has 1 aromatic rings. The van der Waals surface area contributed by atoms with Gasteiger partial charge in [0, 0.05) is 27.5 Å². The molecule has 5 heteroatoms. The maximum Gasteiger partial charge on any atom is 0.0963 e. The molecule has 2 N–H and O–H groups in total. The van der Waals surface area contributed by atoms with E-state index in [9.17, 15) is 5.11 Å². The van der Waals surface area contributed by atoms with Crippen LogP contribution in [0.15, 0.2) is 27.8 Å². The maximum atomic E-state index is 9.72. The van der Waals surface area contributed by atoms with E-state index in [1.165, 1.54) is 12.8 Å². The Kier molecular flexibility index (Phi) is 4.17. The van der Waals surface area contributed by atoms with E-state index in [0.29, 0.717) is 11.3 Å². The highest BCUT2D eigenvalue weighted by Crippen LogP contribution is 2.41. The third-order valence-electron chi connectivity index (χ3n) is 3.94. The van der Waals surface area contributed by atoms with E-state index < -0.39 is 0 Å². The standard InChI is InChI=1S/C14H19BrN2OS/c15-10-1-4-13(16-8-10)19-12-5-6-14(7-12,9-18)17-11-2-3-11/h1,4,8,11-12,17-18H,2-3,5-7,9H2. The number of hydrogen-bond donors (Lipinski definition) is 2. The first kappa shape index (κ1) is 13.9. The molecule has 19 heavy (non-hydrogen) atoms. The summed E-state index contributed by atoms with van der Waals surface area (Å²) in [6.45, 7) is 0.258. The van der Waals surface area contributed by atoms with Crippen molar-refractivity contribution in [2.24, 2.45) is 0 Å². The molecule has 0 spiro atoms. The Hall–Kier alpha value is -0.100. The zero-order chi connectivity index (χ0) is 13.3. The lowest BCUT2D eigenvalue weighted by atomic mass is 9.99. The molecule has 0 bridgehead atoms. The number of pyridine rings is 1. The zero-order valence-electron chi connectivity index (χ0n) is 10.8. The molecule has 0 aliphatic heterocycles. The molecule has 2 aliphatic rings. The number of thioether (sulfide) groups is 1. The molecule has 104 valence electrons. The number of aromatic nitrogens is 1. The van der Waals surface area contributed by atoms with Crippen molar-refractivity contribution in [3.63, 3.8) is 0 Å². The molecule has 0 radical (unpaired) electrons. The van der Waals surface area contributed by atoms with Crippen molar-refractivity contribution < 1.29 is 5.11 Å². The zero-order valence-corrected chi connectivity index (χ0v) is 13.2. The molecule has 0 saturated heterocycles. The van der Waals surface area contributed by atoms with Gasteiger partial charge < -0.3 is 10.4 Å². The summed E-state index contributed by atoms with van der Waals surface area (Å²) in [4.78, 5) is 4.42. The summed E-state index contributed by atoms with van der Waals surface area (Å²) in [5.74, 6) is 0. The van der Waals surface area contributed by atoms with Crippen LogP contribution in [0, 0.1) is 0 Å². The van der Waals surface area contributed by atoms with Gasteiger partial charge >= 0.3 is 0 Å². The van der Waals surface area contributed by atoms with Crippen molar-refractivity contribution in [1.82, 2.24) is 10.3 Å². The van der Waals surface area contributed by atoms with Crippen LogP contribution in [0.1, 0.15) is 32.1 Å². The Morgan fingerprint density at radius 3 is 2.89 bits per heavy atom. The van der Waals surface area contributed by atoms with E-state index in [1.54, 1.807) is 0 Å². The number of hydrogen-bond acceptors (Lipinski definition) is 4. The summed E-state index contributed by atoms with van der Waals surface area (Å²) < 4.78 is 1.02. The maximum absolute atomic E-state index is 9.72. The van der Waals surface area contributed by atoms with E-state index in [4.69, 9.17) is 0 Å². The smallest absolute Gasteiger partial charge is 0.0963 e. The number of nitrogens with zero attached hydrogens (tertiary/aromatic N) is 1. The molecule has 3 rings (SSSR count). The van der Waals surface area contributed by atoms with Crippen LogP contribution in [0.2, 0.25) is 0 Å². The summed E-state index contributed by atoms with van der Waals surface area (Å²) in [5, 5.41) is 15.0. The van der Waals surface area contributed by atoms with Gasteiger partial charge in [-0.25, -0.2) is 4.98 Å². The van der Waals surface area contributed by atoms with Crippen LogP contribution in [0.3, 0.4) is 0 Å². The second-order valence-electron chi connectivity index (χ2n) is 5.65. The van der Waals surface area contributed by atoms with Gasteiger partial charge in [-0.2, -0.15) is 0 Å². The number of aliphatic hydroxyl groups excluding tert-OH is 1. The first-order valence-corrected chi connectivity index (χ1v) is 8.53. The van der Waals surface area contributed by atoms with Crippen LogP contribution in [0.25, 0.3) is 0 Å². The predicted octanol–water partition coefficient (Wildman–Crippen LogP) is 2.97. The summed E-state index contributed by atoms with van der Waals surface area (Å²) in [5.41, 5.74) is -0.0335. The highest BCUT2D eigenvalue weighted by atomic mass is 79.9. The van der Waals surface area contributed by atoms with Gasteiger partial charge in [-0.05, 0) is 60.2 Å². The molecule has 1 heterocycles. The van der Waals surface area contributed by atoms with Gasteiger partial charge in [0.05, 0.1) is 11.6 Å². The lowest BCUT2D eigenvalue weighted by Crippen LogP contribution is -2.47. The van der Waals surface area contributed by atoms with E-state index in [0.717, 1.165) is 28.8 Å². The lowest BCUT2D eigenvalue weighted by molar-refractivity contribution is 0.163. The molecule has 2 atom stereocenters. The Morgan fingerprint density at radius 2 is 2.26 bits per heavy atom. The van der Waals surface area contributed by atoms with Crippen LogP contribution in [-0.2, 0) is 0 Å². The fourth-order valence-electron chi connectivity index (χ4n) is 2.76. The number of aliphatic hydroxyl groups is 1. The van der Waals surface area contributed by atoms with Gasteiger partial charge in [0.15, 0.2) is 0 Å². The van der Waals surface area contributed by atoms with Gasteiger partial charge in [-0.1, -0.05) is 0 Å². The van der Waals surface area contributed by atoms with E-state index in [2.05, 4.69) is 32.3 Å². The van der Waals surface area contributed by atoms with E-state index in [1.807, 2.05) is 24.0 Å². The first-order chi connectivity index (χ1) is 9.19. The normalized spacial score (nSPS) is 30.7.